The summed E-state index contributed by atoms with van der Waals surface area (Å²) in [7, 11) is 1.41. The van der Waals surface area contributed by atoms with Crippen LogP contribution in [0.25, 0.3) is 10.9 Å². The molecule has 1 heterocycles. The first-order valence-electron chi connectivity index (χ1n) is 4.86. The maximum absolute atomic E-state index is 13.5. The summed E-state index contributed by atoms with van der Waals surface area (Å²) in [5, 5.41) is 8.81. The minimum Gasteiger partial charge on any atom is -0.481 e. The fourth-order valence-electron chi connectivity index (χ4n) is 1.60. The van der Waals surface area contributed by atoms with E-state index in [4.69, 9.17) is 5.11 Å². The van der Waals surface area contributed by atoms with Crippen LogP contribution in [0.3, 0.4) is 0 Å². The quantitative estimate of drug-likeness (QED) is 0.833. The van der Waals surface area contributed by atoms with Crippen molar-refractivity contribution in [2.75, 3.05) is 0 Å². The lowest BCUT2D eigenvalue weighted by Gasteiger charge is -2.07. The number of carbonyl (C=O) groups is 1. The van der Waals surface area contributed by atoms with Crippen LogP contribution in [0.5, 0.6) is 0 Å². The van der Waals surface area contributed by atoms with Crippen molar-refractivity contribution in [3.63, 3.8) is 0 Å². The van der Waals surface area contributed by atoms with Crippen molar-refractivity contribution in [3.05, 3.63) is 40.2 Å². The molecule has 6 heteroatoms. The van der Waals surface area contributed by atoms with Crippen molar-refractivity contribution < 1.29 is 14.3 Å². The highest BCUT2D eigenvalue weighted by Crippen LogP contribution is 2.12. The highest BCUT2D eigenvalue weighted by molar-refractivity contribution is 5.78. The number of para-hydroxylation sites is 1. The molecule has 0 unspecified atom stereocenters. The van der Waals surface area contributed by atoms with Crippen LogP contribution < -0.4 is 5.56 Å². The van der Waals surface area contributed by atoms with Crippen LogP contribution in [0, 0.1) is 5.82 Å². The lowest BCUT2D eigenvalue weighted by atomic mass is 10.2. The Morgan fingerprint density at radius 1 is 1.53 bits per heavy atom. The minimum absolute atomic E-state index is 0.0279. The van der Waals surface area contributed by atoms with Gasteiger partial charge in [-0.25, -0.2) is 9.37 Å². The molecule has 2 rings (SSSR count). The second kappa shape index (κ2) is 3.97. The van der Waals surface area contributed by atoms with E-state index in [1.54, 1.807) is 0 Å². The number of hydrogen-bond acceptors (Lipinski definition) is 3. The van der Waals surface area contributed by atoms with Gasteiger partial charge in [-0.3, -0.25) is 14.2 Å². The molecule has 0 saturated carbocycles. The molecule has 0 bridgehead atoms. The lowest BCUT2D eigenvalue weighted by molar-refractivity contribution is -0.136. The lowest BCUT2D eigenvalue weighted by Crippen LogP contribution is -2.24. The number of nitrogens with zero attached hydrogens (tertiary/aromatic N) is 2. The van der Waals surface area contributed by atoms with E-state index in [0.29, 0.717) is 0 Å². The second-order valence-electron chi connectivity index (χ2n) is 3.60. The number of carboxylic acid groups (broad SMARTS) is 1. The van der Waals surface area contributed by atoms with Crippen LogP contribution in [-0.2, 0) is 18.3 Å². The molecule has 88 valence electrons. The summed E-state index contributed by atoms with van der Waals surface area (Å²) in [6.07, 6.45) is -0.421. The van der Waals surface area contributed by atoms with E-state index in [9.17, 15) is 14.0 Å². The zero-order valence-electron chi connectivity index (χ0n) is 8.98. The summed E-state index contributed by atoms with van der Waals surface area (Å²) < 4.78 is 14.6. The SMILES string of the molecule is Cn1c(CC(=O)O)nc2c(F)cccc2c1=O. The predicted octanol–water partition coefficient (Wildman–Crippen LogP) is 0.700. The van der Waals surface area contributed by atoms with E-state index in [-0.39, 0.29) is 16.7 Å². The van der Waals surface area contributed by atoms with E-state index in [0.717, 1.165) is 4.57 Å². The van der Waals surface area contributed by atoms with Crippen molar-refractivity contribution >= 4 is 16.9 Å². The smallest absolute Gasteiger partial charge is 0.311 e. The van der Waals surface area contributed by atoms with Crippen LogP contribution in [-0.4, -0.2) is 20.6 Å². The summed E-state index contributed by atoms with van der Waals surface area (Å²) >= 11 is 0. The van der Waals surface area contributed by atoms with E-state index in [1.165, 1.54) is 25.2 Å². The van der Waals surface area contributed by atoms with Gasteiger partial charge in [0, 0.05) is 7.05 Å². The van der Waals surface area contributed by atoms with Gasteiger partial charge in [-0.05, 0) is 12.1 Å². The van der Waals surface area contributed by atoms with Gasteiger partial charge < -0.3 is 5.11 Å². The van der Waals surface area contributed by atoms with E-state index < -0.39 is 23.8 Å². The van der Waals surface area contributed by atoms with Crippen LogP contribution in [0.2, 0.25) is 0 Å². The Morgan fingerprint density at radius 2 is 2.24 bits per heavy atom. The number of benzene rings is 1. The molecule has 0 atom stereocenters. The second-order valence-corrected chi connectivity index (χ2v) is 3.60. The first-order valence-corrected chi connectivity index (χ1v) is 4.86. The minimum atomic E-state index is -1.12. The zero-order valence-corrected chi connectivity index (χ0v) is 8.98. The standard InChI is InChI=1S/C11H9FN2O3/c1-14-8(5-9(15)16)13-10-6(11(14)17)3-2-4-7(10)12/h2-4H,5H2,1H3,(H,15,16). The van der Waals surface area contributed by atoms with E-state index in [1.807, 2.05) is 0 Å². The molecule has 0 spiro atoms. The molecule has 0 aliphatic rings. The number of carboxylic acids is 1. The van der Waals surface area contributed by atoms with Gasteiger partial charge in [0.25, 0.3) is 5.56 Å². The van der Waals surface area contributed by atoms with Crippen LogP contribution in [0.4, 0.5) is 4.39 Å². The number of aliphatic carboxylic acids is 1. The Morgan fingerprint density at radius 3 is 2.88 bits per heavy atom. The first-order chi connectivity index (χ1) is 8.00. The van der Waals surface area contributed by atoms with Gasteiger partial charge in [0.2, 0.25) is 0 Å². The van der Waals surface area contributed by atoms with Gasteiger partial charge in [0.15, 0.2) is 0 Å². The van der Waals surface area contributed by atoms with Gasteiger partial charge in [-0.15, -0.1) is 0 Å². The van der Waals surface area contributed by atoms with Crippen molar-refractivity contribution in [2.24, 2.45) is 7.05 Å². The molecule has 0 amide bonds. The topological polar surface area (TPSA) is 72.2 Å². The molecule has 0 saturated heterocycles. The molecule has 1 N–H and O–H groups in total. The molecule has 0 aliphatic carbocycles. The van der Waals surface area contributed by atoms with Gasteiger partial charge >= 0.3 is 5.97 Å². The average Bonchev–Trinajstić information content (AvgIpc) is 2.26. The Labute approximate surface area is 95.1 Å². The van der Waals surface area contributed by atoms with Crippen molar-refractivity contribution in [1.29, 1.82) is 0 Å². The van der Waals surface area contributed by atoms with Gasteiger partial charge in [-0.2, -0.15) is 0 Å². The summed E-state index contributed by atoms with van der Waals surface area (Å²) in [6.45, 7) is 0. The summed E-state index contributed by atoms with van der Waals surface area (Å²) in [4.78, 5) is 26.3. The zero-order chi connectivity index (χ0) is 12.6. The largest absolute Gasteiger partial charge is 0.481 e. The van der Waals surface area contributed by atoms with E-state index in [2.05, 4.69) is 4.98 Å². The van der Waals surface area contributed by atoms with Gasteiger partial charge in [0.05, 0.1) is 5.39 Å². The van der Waals surface area contributed by atoms with Gasteiger partial charge in [-0.1, -0.05) is 6.07 Å². The number of hydrogen-bond donors (Lipinski definition) is 1. The Bertz CT molecular complexity index is 664. The maximum Gasteiger partial charge on any atom is 0.311 e. The summed E-state index contributed by atoms with van der Waals surface area (Å²) in [6, 6.07) is 4.05. The molecule has 1 aromatic carbocycles. The third kappa shape index (κ3) is 1.89. The molecule has 0 aliphatic heterocycles. The maximum atomic E-state index is 13.5. The highest BCUT2D eigenvalue weighted by Gasteiger charge is 2.13. The molecular formula is C11H9FN2O3. The Kier molecular flexibility index (Phi) is 2.63. The van der Waals surface area contributed by atoms with Crippen LogP contribution >= 0.6 is 0 Å². The molecular weight excluding hydrogens is 227 g/mol. The van der Waals surface area contributed by atoms with Crippen LogP contribution in [0.15, 0.2) is 23.0 Å². The average molecular weight is 236 g/mol. The molecule has 5 nitrogen and oxygen atoms in total. The number of rotatable bonds is 2. The molecule has 0 fully saturated rings. The summed E-state index contributed by atoms with van der Waals surface area (Å²) in [5.74, 6) is -1.73. The fraction of sp³-hybridized carbons (Fsp3) is 0.182. The predicted molar refractivity (Wildman–Crippen MR) is 58.3 cm³/mol. The third-order valence-corrected chi connectivity index (χ3v) is 2.46. The molecule has 2 aromatic rings. The number of halogens is 1. The summed E-state index contributed by atoms with van der Waals surface area (Å²) in [5.41, 5.74) is -0.544. The molecule has 1 aromatic heterocycles. The number of fused-ring (bicyclic) bond motifs is 1. The van der Waals surface area contributed by atoms with Crippen LogP contribution in [0.1, 0.15) is 5.82 Å². The molecule has 0 radical (unpaired) electrons. The third-order valence-electron chi connectivity index (χ3n) is 2.46. The first kappa shape index (κ1) is 11.3. The van der Waals surface area contributed by atoms with E-state index >= 15 is 0 Å². The van der Waals surface area contributed by atoms with Crippen molar-refractivity contribution in [3.8, 4) is 0 Å². The Balaban J connectivity index is 2.81. The normalized spacial score (nSPS) is 10.7. The van der Waals surface area contributed by atoms with Crippen molar-refractivity contribution in [1.82, 2.24) is 9.55 Å². The van der Waals surface area contributed by atoms with Gasteiger partial charge in [0.1, 0.15) is 23.6 Å². The van der Waals surface area contributed by atoms with Crippen molar-refractivity contribution in [2.45, 2.75) is 6.42 Å². The highest BCUT2D eigenvalue weighted by atomic mass is 19.1. The monoisotopic (exact) mass is 236 g/mol. The molecule has 17 heavy (non-hydrogen) atoms. The fourth-order valence-corrected chi connectivity index (χ4v) is 1.60. The number of aromatic nitrogens is 2. The Hall–Kier alpha value is -2.24.